The fourth-order valence-corrected chi connectivity index (χ4v) is 2.43. The van der Waals surface area contributed by atoms with Crippen molar-refractivity contribution < 1.29 is 0 Å². The molecule has 2 N–H and O–H groups in total. The van der Waals surface area contributed by atoms with Gasteiger partial charge in [-0.15, -0.1) is 0 Å². The van der Waals surface area contributed by atoms with E-state index in [-0.39, 0.29) is 0 Å². The Kier molecular flexibility index (Phi) is 2.28. The van der Waals surface area contributed by atoms with Gasteiger partial charge in [-0.3, -0.25) is 0 Å². The van der Waals surface area contributed by atoms with Gasteiger partial charge in [0.25, 0.3) is 0 Å². The number of anilines is 1. The molecule has 1 aromatic carbocycles. The maximum absolute atomic E-state index is 6.19. The highest BCUT2D eigenvalue weighted by Gasteiger charge is 2.19. The lowest BCUT2D eigenvalue weighted by Gasteiger charge is -2.12. The molecule has 0 atom stereocenters. The molecule has 1 nitrogen and oxygen atoms in total. The third-order valence-corrected chi connectivity index (χ3v) is 3.19. The fraction of sp³-hybridized carbons (Fsp3) is 0.333. The molecule has 1 aliphatic carbocycles. The van der Waals surface area contributed by atoms with Crippen molar-refractivity contribution in [3.8, 4) is 0 Å². The van der Waals surface area contributed by atoms with Crippen molar-refractivity contribution in [2.45, 2.75) is 26.2 Å². The Morgan fingerprint density at radius 1 is 1.43 bits per heavy atom. The lowest BCUT2D eigenvalue weighted by Crippen LogP contribution is -1.99. The van der Waals surface area contributed by atoms with Gasteiger partial charge in [0, 0.05) is 16.3 Å². The predicted octanol–water partition coefficient (Wildman–Crippen LogP) is 3.44. The van der Waals surface area contributed by atoms with Crippen molar-refractivity contribution in [3.05, 3.63) is 34.4 Å². The van der Waals surface area contributed by atoms with E-state index in [1.807, 2.05) is 13.0 Å². The minimum absolute atomic E-state index is 0.852. The van der Waals surface area contributed by atoms with E-state index in [2.05, 4.69) is 6.58 Å². The molecular weight excluding hydrogens is 194 g/mol. The summed E-state index contributed by atoms with van der Waals surface area (Å²) in [6.45, 7) is 5.88. The van der Waals surface area contributed by atoms with Gasteiger partial charge in [-0.2, -0.15) is 0 Å². The van der Waals surface area contributed by atoms with E-state index in [1.54, 1.807) is 0 Å². The van der Waals surface area contributed by atoms with E-state index in [9.17, 15) is 0 Å². The zero-order chi connectivity index (χ0) is 10.3. The number of allylic oxidation sites excluding steroid dienone is 1. The second-order valence-electron chi connectivity index (χ2n) is 3.91. The van der Waals surface area contributed by atoms with Crippen molar-refractivity contribution in [1.29, 1.82) is 0 Å². The third-order valence-electron chi connectivity index (χ3n) is 2.85. The first-order valence-electron chi connectivity index (χ1n) is 4.87. The SMILES string of the molecule is C=C(C)c1cc(Cl)c2c(c1N)CCC2. The topological polar surface area (TPSA) is 26.0 Å². The molecule has 1 aromatic rings. The minimum atomic E-state index is 0.852. The number of hydrogen-bond acceptors (Lipinski definition) is 1. The maximum atomic E-state index is 6.19. The molecule has 0 aromatic heterocycles. The molecule has 0 amide bonds. The van der Waals surface area contributed by atoms with Crippen LogP contribution in [0.4, 0.5) is 5.69 Å². The number of halogens is 1. The van der Waals surface area contributed by atoms with Gasteiger partial charge in [0.05, 0.1) is 0 Å². The summed E-state index contributed by atoms with van der Waals surface area (Å²) in [4.78, 5) is 0. The summed E-state index contributed by atoms with van der Waals surface area (Å²) in [5, 5.41) is 0.852. The van der Waals surface area contributed by atoms with Gasteiger partial charge >= 0.3 is 0 Å². The second-order valence-corrected chi connectivity index (χ2v) is 4.32. The van der Waals surface area contributed by atoms with Gasteiger partial charge in [0.2, 0.25) is 0 Å². The van der Waals surface area contributed by atoms with E-state index in [0.717, 1.165) is 34.7 Å². The van der Waals surface area contributed by atoms with Crippen LogP contribution in [-0.4, -0.2) is 0 Å². The standard InChI is InChI=1S/C12H14ClN/c1-7(2)10-6-11(13)8-4-3-5-9(8)12(10)14/h6H,1,3-5,14H2,2H3. The first-order valence-corrected chi connectivity index (χ1v) is 5.24. The molecule has 0 spiro atoms. The summed E-state index contributed by atoms with van der Waals surface area (Å²) in [5.41, 5.74) is 11.5. The molecule has 74 valence electrons. The summed E-state index contributed by atoms with van der Waals surface area (Å²) in [7, 11) is 0. The number of benzene rings is 1. The fourth-order valence-electron chi connectivity index (χ4n) is 2.11. The first kappa shape index (κ1) is 9.60. The van der Waals surface area contributed by atoms with Crippen molar-refractivity contribution in [2.75, 3.05) is 5.73 Å². The molecule has 0 aliphatic heterocycles. The van der Waals surface area contributed by atoms with Crippen LogP contribution in [0, 0.1) is 0 Å². The molecule has 2 rings (SSSR count). The Morgan fingerprint density at radius 2 is 2.07 bits per heavy atom. The highest BCUT2D eigenvalue weighted by molar-refractivity contribution is 6.32. The number of hydrogen-bond donors (Lipinski definition) is 1. The predicted molar refractivity (Wildman–Crippen MR) is 62.6 cm³/mol. The van der Waals surface area contributed by atoms with Crippen LogP contribution in [0.15, 0.2) is 12.6 Å². The van der Waals surface area contributed by atoms with Crippen LogP contribution >= 0.6 is 11.6 Å². The van der Waals surface area contributed by atoms with Crippen molar-refractivity contribution >= 4 is 22.9 Å². The van der Waals surface area contributed by atoms with E-state index in [0.29, 0.717) is 0 Å². The van der Waals surface area contributed by atoms with Crippen molar-refractivity contribution in [3.63, 3.8) is 0 Å². The highest BCUT2D eigenvalue weighted by Crippen LogP contribution is 2.37. The summed E-state index contributed by atoms with van der Waals surface area (Å²) >= 11 is 6.19. The van der Waals surface area contributed by atoms with Gasteiger partial charge in [-0.1, -0.05) is 18.2 Å². The molecule has 0 bridgehead atoms. The molecule has 0 saturated carbocycles. The van der Waals surface area contributed by atoms with Crippen molar-refractivity contribution in [2.24, 2.45) is 0 Å². The minimum Gasteiger partial charge on any atom is -0.398 e. The molecule has 0 fully saturated rings. The van der Waals surface area contributed by atoms with Crippen LogP contribution in [0.25, 0.3) is 5.57 Å². The highest BCUT2D eigenvalue weighted by atomic mass is 35.5. The smallest absolute Gasteiger partial charge is 0.0448 e. The zero-order valence-electron chi connectivity index (χ0n) is 8.36. The lowest BCUT2D eigenvalue weighted by molar-refractivity contribution is 0.912. The van der Waals surface area contributed by atoms with E-state index in [1.165, 1.54) is 17.5 Å². The Balaban J connectivity index is 2.68. The molecule has 14 heavy (non-hydrogen) atoms. The monoisotopic (exact) mass is 207 g/mol. The molecule has 0 unspecified atom stereocenters. The van der Waals surface area contributed by atoms with Crippen LogP contribution < -0.4 is 5.73 Å². The first-order chi connectivity index (χ1) is 6.61. The summed E-state index contributed by atoms with van der Waals surface area (Å²) in [6.07, 6.45) is 3.29. The summed E-state index contributed by atoms with van der Waals surface area (Å²) in [6, 6.07) is 1.95. The third kappa shape index (κ3) is 1.32. The van der Waals surface area contributed by atoms with Gasteiger partial charge in [-0.05, 0) is 49.0 Å². The Morgan fingerprint density at radius 3 is 2.71 bits per heavy atom. The Hall–Kier alpha value is -0.950. The molecule has 0 heterocycles. The van der Waals surface area contributed by atoms with Crippen LogP contribution in [0.1, 0.15) is 30.0 Å². The van der Waals surface area contributed by atoms with Crippen LogP contribution in [0.2, 0.25) is 5.02 Å². The van der Waals surface area contributed by atoms with E-state index < -0.39 is 0 Å². The molecule has 0 radical (unpaired) electrons. The van der Waals surface area contributed by atoms with Crippen molar-refractivity contribution in [1.82, 2.24) is 0 Å². The van der Waals surface area contributed by atoms with Crippen LogP contribution in [0.5, 0.6) is 0 Å². The Bertz CT molecular complexity index is 407. The summed E-state index contributed by atoms with van der Waals surface area (Å²) in [5.74, 6) is 0. The van der Waals surface area contributed by atoms with Crippen LogP contribution in [0.3, 0.4) is 0 Å². The number of nitrogen functional groups attached to an aromatic ring is 1. The maximum Gasteiger partial charge on any atom is 0.0448 e. The second kappa shape index (κ2) is 3.32. The quantitative estimate of drug-likeness (QED) is 0.702. The zero-order valence-corrected chi connectivity index (χ0v) is 9.12. The van der Waals surface area contributed by atoms with Crippen LogP contribution in [-0.2, 0) is 12.8 Å². The van der Waals surface area contributed by atoms with Gasteiger partial charge in [0.1, 0.15) is 0 Å². The number of rotatable bonds is 1. The largest absolute Gasteiger partial charge is 0.398 e. The lowest BCUT2D eigenvalue weighted by atomic mass is 9.99. The molecule has 0 saturated heterocycles. The molecule has 2 heteroatoms. The molecular formula is C12H14ClN. The number of nitrogens with two attached hydrogens (primary N) is 1. The summed E-state index contributed by atoms with van der Waals surface area (Å²) < 4.78 is 0. The van der Waals surface area contributed by atoms with E-state index in [4.69, 9.17) is 17.3 Å². The molecule has 1 aliphatic rings. The van der Waals surface area contributed by atoms with Gasteiger partial charge in [0.15, 0.2) is 0 Å². The average Bonchev–Trinajstić information content (AvgIpc) is 2.59. The Labute approximate surface area is 89.6 Å². The number of fused-ring (bicyclic) bond motifs is 1. The normalized spacial score (nSPS) is 14.1. The van der Waals surface area contributed by atoms with E-state index >= 15 is 0 Å². The van der Waals surface area contributed by atoms with Gasteiger partial charge in [-0.25, -0.2) is 0 Å². The van der Waals surface area contributed by atoms with Gasteiger partial charge < -0.3 is 5.73 Å². The average molecular weight is 208 g/mol.